The van der Waals surface area contributed by atoms with Gasteiger partial charge in [0.2, 0.25) is 5.91 Å². The van der Waals surface area contributed by atoms with E-state index < -0.39 is 5.82 Å². The van der Waals surface area contributed by atoms with Crippen molar-refractivity contribution in [2.75, 3.05) is 11.9 Å². The van der Waals surface area contributed by atoms with Gasteiger partial charge in [-0.1, -0.05) is 72.3 Å². The summed E-state index contributed by atoms with van der Waals surface area (Å²) in [6.07, 6.45) is 0.588. The molecular weight excluding hydrogens is 542 g/mol. The first kappa shape index (κ1) is 26.7. The van der Waals surface area contributed by atoms with E-state index in [2.05, 4.69) is 5.32 Å². The van der Waals surface area contributed by atoms with Crippen molar-refractivity contribution in [3.05, 3.63) is 137 Å². The molecule has 0 radical (unpaired) electrons. The van der Waals surface area contributed by atoms with Crippen molar-refractivity contribution in [1.82, 2.24) is 14.5 Å². The number of fused-ring (bicyclic) bond motifs is 1. The fraction of sp³-hybridized carbons (Fsp3) is 0.152. The van der Waals surface area contributed by atoms with Gasteiger partial charge in [-0.25, -0.2) is 13.8 Å². The first-order valence-corrected chi connectivity index (χ1v) is 13.8. The van der Waals surface area contributed by atoms with Crippen LogP contribution in [0, 0.1) is 11.6 Å². The number of hydrogen-bond acceptors (Lipinski definition) is 3. The van der Waals surface area contributed by atoms with Gasteiger partial charge < -0.3 is 14.8 Å². The summed E-state index contributed by atoms with van der Waals surface area (Å²) in [4.78, 5) is 20.8. The van der Waals surface area contributed by atoms with Crippen molar-refractivity contribution < 1.29 is 13.6 Å². The van der Waals surface area contributed by atoms with Gasteiger partial charge in [-0.15, -0.1) is 0 Å². The Morgan fingerprint density at radius 1 is 0.902 bits per heavy atom. The van der Waals surface area contributed by atoms with Gasteiger partial charge >= 0.3 is 0 Å². The van der Waals surface area contributed by atoms with Crippen LogP contribution in [0.15, 0.2) is 103 Å². The maximum absolute atomic E-state index is 14.2. The van der Waals surface area contributed by atoms with Crippen LogP contribution in [0.1, 0.15) is 22.9 Å². The first-order valence-electron chi connectivity index (χ1n) is 13.4. The summed E-state index contributed by atoms with van der Waals surface area (Å²) >= 11 is 5.89. The molecule has 1 atom stereocenters. The fourth-order valence-corrected chi connectivity index (χ4v) is 5.39. The number of aromatic nitrogens is 2. The molecule has 6 rings (SSSR count). The van der Waals surface area contributed by atoms with Gasteiger partial charge in [-0.2, -0.15) is 0 Å². The highest BCUT2D eigenvalue weighted by atomic mass is 35.5. The quantitative estimate of drug-likeness (QED) is 0.220. The standard InChI is InChI=1S/C33H27ClF2N4O/c34-28-16-15-26(20-29(28)36)37-32-31(24-11-13-25(35)14-12-24)38-30-21-39(17-18-40(30)32)33(41)27(23-9-5-2-6-10-23)19-22-7-3-1-4-8-22/h1-16,20,27,37H,17-19,21H2. The lowest BCUT2D eigenvalue weighted by Crippen LogP contribution is -2.41. The van der Waals surface area contributed by atoms with Crippen molar-refractivity contribution in [3.8, 4) is 11.3 Å². The maximum Gasteiger partial charge on any atom is 0.230 e. The predicted octanol–water partition coefficient (Wildman–Crippen LogP) is 7.59. The van der Waals surface area contributed by atoms with Crippen LogP contribution in [-0.2, 0) is 24.3 Å². The minimum Gasteiger partial charge on any atom is -0.340 e. The van der Waals surface area contributed by atoms with E-state index >= 15 is 0 Å². The molecule has 4 aromatic carbocycles. The highest BCUT2D eigenvalue weighted by Gasteiger charge is 2.31. The summed E-state index contributed by atoms with van der Waals surface area (Å²) in [7, 11) is 0. The molecule has 0 spiro atoms. The lowest BCUT2D eigenvalue weighted by molar-refractivity contribution is -0.134. The van der Waals surface area contributed by atoms with Gasteiger partial charge in [0, 0.05) is 24.3 Å². The maximum atomic E-state index is 14.2. The van der Waals surface area contributed by atoms with E-state index in [1.54, 1.807) is 18.2 Å². The number of rotatable bonds is 7. The van der Waals surface area contributed by atoms with E-state index in [1.807, 2.05) is 70.1 Å². The fourth-order valence-electron chi connectivity index (χ4n) is 5.27. The zero-order valence-corrected chi connectivity index (χ0v) is 22.9. The molecule has 41 heavy (non-hydrogen) atoms. The number of carbonyl (C=O) groups is 1. The van der Waals surface area contributed by atoms with Crippen molar-refractivity contribution >= 4 is 29.0 Å². The monoisotopic (exact) mass is 568 g/mol. The summed E-state index contributed by atoms with van der Waals surface area (Å²) in [6, 6.07) is 30.4. The van der Waals surface area contributed by atoms with Gasteiger partial charge in [0.15, 0.2) is 0 Å². The van der Waals surface area contributed by atoms with Crippen LogP contribution in [-0.4, -0.2) is 26.9 Å². The Hall–Kier alpha value is -4.49. The Bertz CT molecular complexity index is 1670. The van der Waals surface area contributed by atoms with Crippen molar-refractivity contribution in [2.24, 2.45) is 0 Å². The second-order valence-corrected chi connectivity index (χ2v) is 10.5. The molecule has 0 saturated carbocycles. The number of nitrogens with zero attached hydrogens (tertiary/aromatic N) is 3. The molecule has 1 aromatic heterocycles. The minimum atomic E-state index is -0.541. The molecule has 5 aromatic rings. The third-order valence-corrected chi connectivity index (χ3v) is 7.67. The van der Waals surface area contributed by atoms with Gasteiger partial charge in [0.25, 0.3) is 0 Å². The average molecular weight is 569 g/mol. The van der Waals surface area contributed by atoms with Crippen LogP contribution in [0.2, 0.25) is 5.02 Å². The molecule has 1 unspecified atom stereocenters. The van der Waals surface area contributed by atoms with Crippen LogP contribution < -0.4 is 5.32 Å². The topological polar surface area (TPSA) is 50.2 Å². The number of carbonyl (C=O) groups excluding carboxylic acids is 1. The van der Waals surface area contributed by atoms with Crippen molar-refractivity contribution in [2.45, 2.75) is 25.4 Å². The Labute approximate surface area is 242 Å². The van der Waals surface area contributed by atoms with Gasteiger partial charge in [0.05, 0.1) is 17.5 Å². The molecule has 1 amide bonds. The number of halogens is 3. The molecular formula is C33H27ClF2N4O. The first-order chi connectivity index (χ1) is 20.0. The van der Waals surface area contributed by atoms with E-state index in [4.69, 9.17) is 16.6 Å². The summed E-state index contributed by atoms with van der Waals surface area (Å²) < 4.78 is 30.0. The molecule has 1 N–H and O–H groups in total. The number of imidazole rings is 1. The van der Waals surface area contributed by atoms with Gasteiger partial charge in [-0.05, 0) is 60.0 Å². The highest BCUT2D eigenvalue weighted by molar-refractivity contribution is 6.30. The number of amides is 1. The van der Waals surface area contributed by atoms with Crippen molar-refractivity contribution in [3.63, 3.8) is 0 Å². The lowest BCUT2D eigenvalue weighted by atomic mass is 9.90. The summed E-state index contributed by atoms with van der Waals surface area (Å²) in [6.45, 7) is 1.27. The average Bonchev–Trinajstić information content (AvgIpc) is 3.36. The molecule has 0 aliphatic carbocycles. The van der Waals surface area contributed by atoms with Crippen molar-refractivity contribution in [1.29, 1.82) is 0 Å². The Balaban J connectivity index is 1.34. The zero-order valence-electron chi connectivity index (χ0n) is 22.1. The summed E-state index contributed by atoms with van der Waals surface area (Å²) in [5, 5.41) is 3.32. The van der Waals surface area contributed by atoms with E-state index in [9.17, 15) is 13.6 Å². The predicted molar refractivity (Wildman–Crippen MR) is 157 cm³/mol. The van der Waals surface area contributed by atoms with Crippen LogP contribution in [0.4, 0.5) is 20.3 Å². The van der Waals surface area contributed by atoms with Crippen LogP contribution in [0.25, 0.3) is 11.3 Å². The molecule has 5 nitrogen and oxygen atoms in total. The Morgan fingerprint density at radius 2 is 1.61 bits per heavy atom. The van der Waals surface area contributed by atoms with Crippen LogP contribution >= 0.6 is 11.6 Å². The number of benzene rings is 4. The molecule has 0 bridgehead atoms. The third kappa shape index (κ3) is 5.72. The smallest absolute Gasteiger partial charge is 0.230 e. The molecule has 0 fully saturated rings. The summed E-state index contributed by atoms with van der Waals surface area (Å²) in [5.41, 5.74) is 3.86. The molecule has 2 heterocycles. The number of anilines is 2. The third-order valence-electron chi connectivity index (χ3n) is 7.37. The van der Waals surface area contributed by atoms with Gasteiger partial charge in [-0.3, -0.25) is 4.79 Å². The second kappa shape index (κ2) is 11.6. The highest BCUT2D eigenvalue weighted by Crippen LogP contribution is 2.35. The largest absolute Gasteiger partial charge is 0.340 e. The van der Waals surface area contributed by atoms with Gasteiger partial charge in [0.1, 0.15) is 29.0 Å². The number of nitrogens with one attached hydrogen (secondary N) is 1. The zero-order chi connectivity index (χ0) is 28.3. The lowest BCUT2D eigenvalue weighted by Gasteiger charge is -2.32. The normalized spacial score (nSPS) is 13.5. The van der Waals surface area contributed by atoms with E-state index in [0.717, 1.165) is 11.1 Å². The molecule has 206 valence electrons. The number of hydrogen-bond donors (Lipinski definition) is 1. The Morgan fingerprint density at radius 3 is 2.32 bits per heavy atom. The molecule has 8 heteroatoms. The SMILES string of the molecule is O=C(C(Cc1ccccc1)c1ccccc1)N1CCn2c(nc(-c3ccc(F)cc3)c2Nc2ccc(Cl)c(F)c2)C1. The van der Waals surface area contributed by atoms with E-state index in [1.165, 1.54) is 24.3 Å². The van der Waals surface area contributed by atoms with Crippen LogP contribution in [0.3, 0.4) is 0 Å². The van der Waals surface area contributed by atoms with Crippen LogP contribution in [0.5, 0.6) is 0 Å². The molecule has 1 aliphatic rings. The summed E-state index contributed by atoms with van der Waals surface area (Å²) in [5.74, 6) is 0.129. The molecule has 1 aliphatic heterocycles. The van der Waals surface area contributed by atoms with E-state index in [-0.39, 0.29) is 22.7 Å². The Kier molecular flexibility index (Phi) is 7.53. The minimum absolute atomic E-state index is 0.0299. The second-order valence-electron chi connectivity index (χ2n) is 10.1. The molecule has 0 saturated heterocycles. The van der Waals surface area contributed by atoms with E-state index in [0.29, 0.717) is 54.6 Å².